The third kappa shape index (κ3) is 3.82. The van der Waals surface area contributed by atoms with Crippen molar-refractivity contribution < 1.29 is 13.9 Å². The lowest BCUT2D eigenvalue weighted by molar-refractivity contribution is 0.410. The van der Waals surface area contributed by atoms with Crippen LogP contribution in [0, 0.1) is 25.1 Å². The lowest BCUT2D eigenvalue weighted by Gasteiger charge is -2.13. The van der Waals surface area contributed by atoms with Gasteiger partial charge in [0.2, 0.25) is 0 Å². The van der Waals surface area contributed by atoms with Crippen molar-refractivity contribution >= 4 is 16.9 Å². The first kappa shape index (κ1) is 22.7. The minimum absolute atomic E-state index is 0.0204. The molecule has 5 aromatic rings. The number of nitrogens with zero attached hydrogens (tertiary/aromatic N) is 6. The number of terminal acetylenes is 1. The highest BCUT2D eigenvalue weighted by Crippen LogP contribution is 2.44. The maximum Gasteiger partial charge on any atom is 0.322 e. The molecule has 4 heterocycles. The molecular weight excluding hydrogens is 461 g/mol. The van der Waals surface area contributed by atoms with Crippen LogP contribution in [-0.4, -0.2) is 36.6 Å². The van der Waals surface area contributed by atoms with Crippen molar-refractivity contribution in [3.05, 3.63) is 66.3 Å². The Morgan fingerprint density at radius 3 is 2.64 bits per heavy atom. The lowest BCUT2D eigenvalue weighted by atomic mass is 9.98. The predicted octanol–water partition coefficient (Wildman–Crippen LogP) is 4.30. The summed E-state index contributed by atoms with van der Waals surface area (Å²) >= 11 is 0. The molecule has 0 aliphatic carbocycles. The molecule has 0 radical (unpaired) electrons. The van der Waals surface area contributed by atoms with Crippen LogP contribution in [0.3, 0.4) is 0 Å². The third-order valence-electron chi connectivity index (χ3n) is 5.68. The number of anilines is 1. The molecule has 2 N–H and O–H groups in total. The minimum atomic E-state index is -0.608. The number of nitrogens with two attached hydrogens (primary N) is 1. The molecule has 0 unspecified atom stereocenters. The fourth-order valence-electron chi connectivity index (χ4n) is 4.05. The number of hydrogen-bond acceptors (Lipinski definition) is 8. The first-order chi connectivity index (χ1) is 17.4. The fourth-order valence-corrected chi connectivity index (χ4v) is 4.05. The van der Waals surface area contributed by atoms with E-state index in [1.807, 2.05) is 11.6 Å². The van der Waals surface area contributed by atoms with Gasteiger partial charge in [0, 0.05) is 36.8 Å². The molecule has 0 amide bonds. The Morgan fingerprint density at radius 2 is 1.92 bits per heavy atom. The second kappa shape index (κ2) is 8.96. The number of benzene rings is 1. The van der Waals surface area contributed by atoms with Crippen molar-refractivity contribution in [2.24, 2.45) is 7.05 Å². The van der Waals surface area contributed by atoms with Crippen LogP contribution in [0.25, 0.3) is 33.4 Å². The highest BCUT2D eigenvalue weighted by Gasteiger charge is 2.25. The molecule has 0 saturated carbocycles. The maximum absolute atomic E-state index is 15.3. The Bertz CT molecular complexity index is 1670. The van der Waals surface area contributed by atoms with E-state index >= 15 is 4.39 Å². The predicted molar refractivity (Wildman–Crippen MR) is 133 cm³/mol. The van der Waals surface area contributed by atoms with Gasteiger partial charge in [-0.25, -0.2) is 29.3 Å². The van der Waals surface area contributed by atoms with Crippen LogP contribution in [0.15, 0.2) is 49.1 Å². The minimum Gasteiger partial charge on any atom is -0.496 e. The Balaban J connectivity index is 1.72. The van der Waals surface area contributed by atoms with Gasteiger partial charge in [-0.15, -0.1) is 6.42 Å². The first-order valence-corrected chi connectivity index (χ1v) is 10.8. The molecule has 0 aliphatic heterocycles. The number of halogens is 1. The molecule has 0 aliphatic rings. The second-order valence-corrected chi connectivity index (χ2v) is 7.88. The Labute approximate surface area is 205 Å². The van der Waals surface area contributed by atoms with Gasteiger partial charge in [-0.1, -0.05) is 12.0 Å². The average molecular weight is 481 g/mol. The zero-order valence-corrected chi connectivity index (χ0v) is 19.7. The highest BCUT2D eigenvalue weighted by molar-refractivity contribution is 6.08. The molecule has 5 rings (SSSR count). The number of methoxy groups -OCH3 is 1. The number of aromatic nitrogens is 6. The summed E-state index contributed by atoms with van der Waals surface area (Å²) in [5.74, 6) is 2.61. The second-order valence-electron chi connectivity index (χ2n) is 7.88. The maximum atomic E-state index is 15.3. The molecule has 0 fully saturated rings. The molecule has 36 heavy (non-hydrogen) atoms. The van der Waals surface area contributed by atoms with Crippen molar-refractivity contribution in [2.75, 3.05) is 12.8 Å². The quantitative estimate of drug-likeness (QED) is 0.370. The summed E-state index contributed by atoms with van der Waals surface area (Å²) in [4.78, 5) is 21.1. The highest BCUT2D eigenvalue weighted by atomic mass is 19.1. The number of fused-ring (bicyclic) bond motifs is 1. The van der Waals surface area contributed by atoms with Crippen LogP contribution in [0.5, 0.6) is 17.5 Å². The zero-order chi connectivity index (χ0) is 25.4. The molecular formula is C26H20FN7O2. The van der Waals surface area contributed by atoms with E-state index in [-0.39, 0.29) is 17.6 Å². The smallest absolute Gasteiger partial charge is 0.322 e. The standard InChI is InChI=1S/C26H20FN7O2/c1-5-16-11-20(35-4)17(12-30-16)23-21(22-24(28)31-13-32-25(22)34(23)3)15-6-7-19(18(27)10-15)36-26-29-9-8-14(2)33-26/h1,6-13H,2-4H3,(H2,28,31,32). The van der Waals surface area contributed by atoms with Gasteiger partial charge in [-0.05, 0) is 30.7 Å². The molecule has 0 spiro atoms. The van der Waals surface area contributed by atoms with E-state index < -0.39 is 5.82 Å². The van der Waals surface area contributed by atoms with Crippen LogP contribution in [-0.2, 0) is 7.05 Å². The summed E-state index contributed by atoms with van der Waals surface area (Å²) in [6.45, 7) is 1.79. The normalized spacial score (nSPS) is 10.9. The summed E-state index contributed by atoms with van der Waals surface area (Å²) in [5, 5.41) is 0.563. The molecule has 9 nitrogen and oxygen atoms in total. The third-order valence-corrected chi connectivity index (χ3v) is 5.68. The van der Waals surface area contributed by atoms with E-state index in [1.54, 1.807) is 37.5 Å². The van der Waals surface area contributed by atoms with Gasteiger partial charge in [0.15, 0.2) is 11.6 Å². The van der Waals surface area contributed by atoms with Crippen molar-refractivity contribution in [1.82, 2.24) is 29.5 Å². The van der Waals surface area contributed by atoms with Crippen LogP contribution in [0.4, 0.5) is 10.2 Å². The van der Waals surface area contributed by atoms with E-state index in [9.17, 15) is 0 Å². The van der Waals surface area contributed by atoms with Gasteiger partial charge < -0.3 is 19.8 Å². The molecule has 4 aromatic heterocycles. The topological polar surface area (TPSA) is 114 Å². The summed E-state index contributed by atoms with van der Waals surface area (Å²) in [7, 11) is 3.36. The molecule has 0 saturated heterocycles. The fraction of sp³-hybridized carbons (Fsp3) is 0.115. The van der Waals surface area contributed by atoms with Gasteiger partial charge in [0.05, 0.1) is 23.8 Å². The van der Waals surface area contributed by atoms with E-state index in [0.717, 1.165) is 0 Å². The van der Waals surface area contributed by atoms with Gasteiger partial charge in [0.1, 0.15) is 29.2 Å². The summed E-state index contributed by atoms with van der Waals surface area (Å²) < 4.78 is 28.3. The average Bonchev–Trinajstić information content (AvgIpc) is 3.18. The van der Waals surface area contributed by atoms with E-state index in [1.165, 1.54) is 25.6 Å². The van der Waals surface area contributed by atoms with Gasteiger partial charge in [-0.2, -0.15) is 0 Å². The molecule has 1 aromatic carbocycles. The van der Waals surface area contributed by atoms with Crippen molar-refractivity contribution in [1.29, 1.82) is 0 Å². The van der Waals surface area contributed by atoms with Gasteiger partial charge in [0.25, 0.3) is 0 Å². The summed E-state index contributed by atoms with van der Waals surface area (Å²) in [6.07, 6.45) is 10.0. The Morgan fingerprint density at radius 1 is 1.08 bits per heavy atom. The van der Waals surface area contributed by atoms with Crippen molar-refractivity contribution in [3.63, 3.8) is 0 Å². The van der Waals surface area contributed by atoms with Gasteiger partial charge in [-0.3, -0.25) is 0 Å². The largest absolute Gasteiger partial charge is 0.496 e. The van der Waals surface area contributed by atoms with Crippen LogP contribution < -0.4 is 15.2 Å². The number of ether oxygens (including phenoxy) is 2. The van der Waals surface area contributed by atoms with Gasteiger partial charge >= 0.3 is 6.01 Å². The monoisotopic (exact) mass is 481 g/mol. The number of rotatable bonds is 5. The van der Waals surface area contributed by atoms with Crippen LogP contribution in [0.1, 0.15) is 11.4 Å². The van der Waals surface area contributed by atoms with E-state index in [4.69, 9.17) is 21.6 Å². The molecule has 0 atom stereocenters. The van der Waals surface area contributed by atoms with E-state index in [0.29, 0.717) is 50.6 Å². The van der Waals surface area contributed by atoms with Crippen LogP contribution >= 0.6 is 0 Å². The summed E-state index contributed by atoms with van der Waals surface area (Å²) in [5.41, 5.74) is 10.4. The molecule has 0 bridgehead atoms. The molecule has 178 valence electrons. The zero-order valence-electron chi connectivity index (χ0n) is 19.7. The van der Waals surface area contributed by atoms with E-state index in [2.05, 4.69) is 30.8 Å². The van der Waals surface area contributed by atoms with Crippen molar-refractivity contribution in [3.8, 4) is 52.2 Å². The van der Waals surface area contributed by atoms with Crippen molar-refractivity contribution in [2.45, 2.75) is 6.92 Å². The number of hydrogen-bond donors (Lipinski definition) is 1. The first-order valence-electron chi connectivity index (χ1n) is 10.8. The number of aryl methyl sites for hydroxylation is 2. The number of pyridine rings is 1. The Hall–Kier alpha value is -5.04. The lowest BCUT2D eigenvalue weighted by Crippen LogP contribution is -1.99. The number of nitrogen functional groups attached to an aromatic ring is 1. The SMILES string of the molecule is C#Cc1cc(OC)c(-c2c(-c3ccc(Oc4nccc(C)n4)c(F)c3)c3c(N)ncnc3n2C)cn1. The molecule has 10 heteroatoms. The Kier molecular flexibility index (Phi) is 5.66. The van der Waals surface area contributed by atoms with Crippen LogP contribution in [0.2, 0.25) is 0 Å². The summed E-state index contributed by atoms with van der Waals surface area (Å²) in [6, 6.07) is 8.01.